The van der Waals surface area contributed by atoms with Crippen LogP contribution in [0, 0.1) is 0 Å². The molecule has 12 nitrogen and oxygen atoms in total. The quantitative estimate of drug-likeness (QED) is 0.291. The smallest absolute Gasteiger partial charge is 0.350 e. The molecule has 0 spiro atoms. The molecule has 1 aliphatic rings. The predicted molar refractivity (Wildman–Crippen MR) is 150 cm³/mol. The molecule has 1 fully saturated rings. The molecule has 3 aromatic heterocycles. The molecule has 2 amide bonds. The Morgan fingerprint density at radius 2 is 1.81 bits per heavy atom. The van der Waals surface area contributed by atoms with Crippen molar-refractivity contribution in [1.82, 2.24) is 45.3 Å². The van der Waals surface area contributed by atoms with E-state index in [4.69, 9.17) is 4.42 Å². The highest BCUT2D eigenvalue weighted by Crippen LogP contribution is 2.29. The first-order chi connectivity index (χ1) is 20.9. The minimum atomic E-state index is -2.89. The Labute approximate surface area is 244 Å². The summed E-state index contributed by atoms with van der Waals surface area (Å²) in [5, 5.41) is 13.9. The number of amides is 2. The summed E-state index contributed by atoms with van der Waals surface area (Å²) in [6.07, 6.45) is 1.77. The molecule has 1 aliphatic heterocycles. The van der Waals surface area contributed by atoms with E-state index in [1.807, 2.05) is 41.3 Å². The molecule has 0 aliphatic carbocycles. The van der Waals surface area contributed by atoms with Crippen LogP contribution in [0.3, 0.4) is 0 Å². The number of fused-ring (bicyclic) bond motifs is 1. The van der Waals surface area contributed by atoms with Gasteiger partial charge in [0.2, 0.25) is 11.8 Å². The lowest BCUT2D eigenvalue weighted by molar-refractivity contribution is -0.119. The van der Waals surface area contributed by atoms with Gasteiger partial charge in [0.05, 0.1) is 12.5 Å². The van der Waals surface area contributed by atoms with Gasteiger partial charge >= 0.3 is 6.55 Å². The number of aromatic nitrogens is 6. The molecule has 5 aromatic rings. The Balaban J connectivity index is 1.17. The van der Waals surface area contributed by atoms with Gasteiger partial charge in [0, 0.05) is 45.0 Å². The van der Waals surface area contributed by atoms with Crippen LogP contribution in [-0.4, -0.2) is 85.0 Å². The van der Waals surface area contributed by atoms with Gasteiger partial charge in [-0.25, -0.2) is 4.98 Å². The summed E-state index contributed by atoms with van der Waals surface area (Å²) in [5.74, 6) is 0.152. The van der Waals surface area contributed by atoms with E-state index in [9.17, 15) is 18.4 Å². The second-order valence-corrected chi connectivity index (χ2v) is 9.99. The van der Waals surface area contributed by atoms with Crippen molar-refractivity contribution in [1.29, 1.82) is 0 Å². The number of nitrogens with zero attached hydrogens (tertiary/aromatic N) is 8. The third-order valence-electron chi connectivity index (χ3n) is 7.27. The average Bonchev–Trinajstić information content (AvgIpc) is 3.70. The van der Waals surface area contributed by atoms with Crippen LogP contribution >= 0.6 is 0 Å². The van der Waals surface area contributed by atoms with Crippen molar-refractivity contribution >= 4 is 22.9 Å². The first-order valence-corrected chi connectivity index (χ1v) is 13.6. The van der Waals surface area contributed by atoms with E-state index in [2.05, 4.69) is 30.7 Å². The summed E-state index contributed by atoms with van der Waals surface area (Å²) in [4.78, 5) is 38.1. The van der Waals surface area contributed by atoms with Gasteiger partial charge in [0.1, 0.15) is 11.2 Å². The molecule has 0 saturated carbocycles. The monoisotopic (exact) mass is 587 g/mol. The fraction of sp³-hybridized carbons (Fsp3) is 0.276. The number of hydrogen-bond donors (Lipinski definition) is 1. The zero-order valence-corrected chi connectivity index (χ0v) is 23.1. The number of piperazine rings is 1. The van der Waals surface area contributed by atoms with Crippen LogP contribution in [0.2, 0.25) is 0 Å². The number of benzene rings is 2. The lowest BCUT2D eigenvalue weighted by Gasteiger charge is -2.38. The largest absolute Gasteiger partial charge is 0.436 e. The number of pyridine rings is 1. The summed E-state index contributed by atoms with van der Waals surface area (Å²) < 4.78 is 32.2. The highest BCUT2D eigenvalue weighted by Gasteiger charge is 2.32. The van der Waals surface area contributed by atoms with Gasteiger partial charge in [-0.2, -0.15) is 8.78 Å². The number of carbonyl (C=O) groups is 2. The van der Waals surface area contributed by atoms with E-state index in [1.54, 1.807) is 36.2 Å². The van der Waals surface area contributed by atoms with Crippen molar-refractivity contribution in [2.24, 2.45) is 0 Å². The molecular weight excluding hydrogens is 560 g/mol. The van der Waals surface area contributed by atoms with Crippen LogP contribution in [0.15, 0.2) is 71.3 Å². The minimum Gasteiger partial charge on any atom is -0.436 e. The number of nitrogens with one attached hydrogen (secondary N) is 1. The fourth-order valence-electron chi connectivity index (χ4n) is 5.09. The van der Waals surface area contributed by atoms with Gasteiger partial charge in [-0.1, -0.05) is 41.2 Å². The van der Waals surface area contributed by atoms with E-state index < -0.39 is 12.6 Å². The number of hydrogen-bond acceptors (Lipinski definition) is 9. The molecule has 2 aromatic carbocycles. The molecule has 14 heteroatoms. The van der Waals surface area contributed by atoms with Crippen LogP contribution in [-0.2, 0) is 11.2 Å². The Kier molecular flexibility index (Phi) is 7.83. The summed E-state index contributed by atoms with van der Waals surface area (Å²) >= 11 is 0. The van der Waals surface area contributed by atoms with E-state index in [-0.39, 0.29) is 29.8 Å². The first-order valence-electron chi connectivity index (χ1n) is 13.6. The van der Waals surface area contributed by atoms with Crippen LogP contribution in [0.1, 0.15) is 40.0 Å². The van der Waals surface area contributed by atoms with Gasteiger partial charge in [0.15, 0.2) is 11.4 Å². The maximum atomic E-state index is 13.5. The summed E-state index contributed by atoms with van der Waals surface area (Å²) in [7, 11) is 1.59. The second kappa shape index (κ2) is 12.0. The van der Waals surface area contributed by atoms with E-state index in [0.717, 1.165) is 11.1 Å². The molecule has 43 heavy (non-hydrogen) atoms. The SMILES string of the molecule is CNC(=O)Cc1ccc2oc(-c3ccnc(C(=O)N4CCN(C(c5ccccc5)c5nnn(C(F)F)n5)CC4)c3)nc2c1. The van der Waals surface area contributed by atoms with Crippen LogP contribution in [0.4, 0.5) is 8.78 Å². The molecule has 1 atom stereocenters. The van der Waals surface area contributed by atoms with Crippen molar-refractivity contribution in [2.75, 3.05) is 33.2 Å². The molecule has 0 radical (unpaired) electrons. The zero-order chi connectivity index (χ0) is 29.9. The number of rotatable bonds is 8. The lowest BCUT2D eigenvalue weighted by atomic mass is 10.0. The Hall–Kier alpha value is -5.11. The topological polar surface area (TPSA) is 135 Å². The van der Waals surface area contributed by atoms with Crippen molar-refractivity contribution < 1.29 is 22.8 Å². The van der Waals surface area contributed by atoms with Gasteiger partial charge in [-0.3, -0.25) is 19.5 Å². The average molecular weight is 588 g/mol. The maximum absolute atomic E-state index is 13.5. The van der Waals surface area contributed by atoms with E-state index >= 15 is 0 Å². The number of carbonyl (C=O) groups excluding carboxylic acids is 2. The Morgan fingerprint density at radius 1 is 1.02 bits per heavy atom. The predicted octanol–water partition coefficient (Wildman–Crippen LogP) is 3.11. The van der Waals surface area contributed by atoms with Crippen molar-refractivity contribution in [2.45, 2.75) is 19.0 Å². The highest BCUT2D eigenvalue weighted by molar-refractivity contribution is 5.93. The van der Waals surface area contributed by atoms with Crippen molar-refractivity contribution in [3.05, 3.63) is 89.5 Å². The molecule has 1 saturated heterocycles. The number of alkyl halides is 2. The fourth-order valence-corrected chi connectivity index (χ4v) is 5.09. The van der Waals surface area contributed by atoms with Gasteiger partial charge in [-0.05, 0) is 40.6 Å². The molecule has 0 bridgehead atoms. The molecule has 1 N–H and O–H groups in total. The molecule has 220 valence electrons. The Morgan fingerprint density at radius 3 is 2.53 bits per heavy atom. The van der Waals surface area contributed by atoms with Gasteiger partial charge in [-0.15, -0.1) is 10.2 Å². The number of halogens is 2. The van der Waals surface area contributed by atoms with Gasteiger partial charge < -0.3 is 14.6 Å². The lowest BCUT2D eigenvalue weighted by Crippen LogP contribution is -2.50. The highest BCUT2D eigenvalue weighted by atomic mass is 19.3. The number of oxazole rings is 1. The minimum absolute atomic E-state index is 0.104. The van der Waals surface area contributed by atoms with Gasteiger partial charge in [0.25, 0.3) is 5.91 Å². The van der Waals surface area contributed by atoms with Crippen LogP contribution < -0.4 is 5.32 Å². The Bertz CT molecular complexity index is 1750. The first kappa shape index (κ1) is 28.0. The van der Waals surface area contributed by atoms with Crippen LogP contribution in [0.5, 0.6) is 0 Å². The summed E-state index contributed by atoms with van der Waals surface area (Å²) in [5.41, 5.74) is 3.65. The maximum Gasteiger partial charge on any atom is 0.350 e. The molecular formula is C29H27F2N9O3. The third-order valence-corrected chi connectivity index (χ3v) is 7.27. The van der Waals surface area contributed by atoms with E-state index in [0.29, 0.717) is 53.5 Å². The normalized spacial score (nSPS) is 14.7. The molecule has 1 unspecified atom stereocenters. The summed E-state index contributed by atoms with van der Waals surface area (Å²) in [6.45, 7) is -1.21. The third kappa shape index (κ3) is 5.95. The van der Waals surface area contributed by atoms with Crippen LogP contribution in [0.25, 0.3) is 22.6 Å². The van der Waals surface area contributed by atoms with Crippen molar-refractivity contribution in [3.8, 4) is 11.5 Å². The molecule has 4 heterocycles. The van der Waals surface area contributed by atoms with Crippen molar-refractivity contribution in [3.63, 3.8) is 0 Å². The zero-order valence-electron chi connectivity index (χ0n) is 23.1. The second-order valence-electron chi connectivity index (χ2n) is 9.99. The molecule has 6 rings (SSSR count). The number of tetrazole rings is 1. The number of likely N-dealkylation sites (N-methyl/N-ethyl adjacent to an activating group) is 1. The standard InChI is InChI=1S/C29H27F2N9O3/c1-32-24(41)16-18-7-8-23-21(15-18)34-27(43-23)20-9-10-33-22(17-20)28(42)39-13-11-38(12-14-39)25(19-5-3-2-4-6-19)26-35-37-40(36-26)29(30)31/h2-10,15,17,25,29H,11-14,16H2,1H3,(H,32,41). The van der Waals surface area contributed by atoms with E-state index in [1.165, 1.54) is 6.20 Å². The summed E-state index contributed by atoms with van der Waals surface area (Å²) in [6, 6.07) is 17.6.